The minimum atomic E-state index is 0. The zero-order valence-electron chi connectivity index (χ0n) is 2.02. The quantitative estimate of drug-likeness (QED) is 0.445. The summed E-state index contributed by atoms with van der Waals surface area (Å²) in [4.78, 5) is 0. The summed E-state index contributed by atoms with van der Waals surface area (Å²) < 4.78 is 0. The fourth-order valence-corrected chi connectivity index (χ4v) is 0. The van der Waals surface area contributed by atoms with Crippen LogP contribution >= 0.6 is 0 Å². The van der Waals surface area contributed by atoms with Crippen LogP contribution in [0.15, 0.2) is 0 Å². The molecule has 6 heteroatoms. The third-order valence-corrected chi connectivity index (χ3v) is 0. The van der Waals surface area contributed by atoms with Crippen molar-refractivity contribution in [2.24, 2.45) is 0 Å². The van der Waals surface area contributed by atoms with Crippen LogP contribution in [0.5, 0.6) is 0 Å². The maximum atomic E-state index is 0. The van der Waals surface area contributed by atoms with Crippen molar-refractivity contribution < 1.29 is 100 Å². The molecule has 0 fully saturated rings. The summed E-state index contributed by atoms with van der Waals surface area (Å²) in [6.07, 6.45) is 0. The van der Waals surface area contributed by atoms with Crippen molar-refractivity contribution in [2.45, 2.75) is 0 Å². The first-order valence-electron chi connectivity index (χ1n) is 0. The van der Waals surface area contributed by atoms with E-state index in [-0.39, 0.29) is 100 Å². The van der Waals surface area contributed by atoms with Crippen LogP contribution in [-0.2, 0) is 100 Å². The van der Waals surface area contributed by atoms with Crippen LogP contribution in [0.4, 0.5) is 0 Å². The van der Waals surface area contributed by atoms with Gasteiger partial charge in [0.25, 0.3) is 0 Å². The Kier molecular flexibility index (Phi) is 498. The van der Waals surface area contributed by atoms with Crippen molar-refractivity contribution in [3.8, 4) is 0 Å². The third-order valence-electron chi connectivity index (χ3n) is 0. The predicted molar refractivity (Wildman–Crippen MR) is 1.37 cm³/mol. The van der Waals surface area contributed by atoms with Crippen molar-refractivity contribution in [1.29, 1.82) is 0 Å². The normalized spacial score (nSPS) is 0. The predicted octanol–water partition coefficient (Wildman–Crippen LogP) is -0.248. The van der Waals surface area contributed by atoms with Gasteiger partial charge < -0.3 is 11.0 Å². The Bertz CT molecular complexity index is 5.51. The zero-order chi connectivity index (χ0) is 0. The Labute approximate surface area is 98.9 Å². The van der Waals surface area contributed by atoms with E-state index in [0.29, 0.717) is 0 Å². The van der Waals surface area contributed by atoms with Gasteiger partial charge in [0, 0.05) is 22.4 Å². The van der Waals surface area contributed by atoms with Crippen LogP contribution in [-0.4, -0.2) is 0 Å². The van der Waals surface area contributed by atoms with Gasteiger partial charge in [-0.05, 0) is 0 Å². The van der Waals surface area contributed by atoms with Crippen LogP contribution in [0.1, 0.15) is 0 Å². The first-order chi connectivity index (χ1) is 0. The van der Waals surface area contributed by atoms with Crippen LogP contribution in [0, 0.1) is 0 Å². The molecular weight excluding hydrogens is 463 g/mol. The van der Waals surface area contributed by atoms with Crippen molar-refractivity contribution in [1.82, 2.24) is 0 Å². The Hall–Kier alpha value is 2.88. The van der Waals surface area contributed by atoms with E-state index < -0.39 is 0 Å². The fourth-order valence-electron chi connectivity index (χ4n) is 0. The first kappa shape index (κ1) is 66.5. The number of hydrogen-bond donors (Lipinski definition) is 0. The van der Waals surface area contributed by atoms with E-state index in [0.717, 1.165) is 0 Å². The summed E-state index contributed by atoms with van der Waals surface area (Å²) in [5, 5.41) is 0. The molecule has 0 atom stereocenters. The maximum absolute atomic E-state index is 0. The second-order valence-corrected chi connectivity index (χ2v) is 0. The molecule has 0 aliphatic heterocycles. The molecule has 0 aromatic carbocycles. The van der Waals surface area contributed by atoms with E-state index >= 15 is 0 Å². The topological polar surface area (TPSA) is 57.0 Å². The molecule has 0 unspecified atom stereocenters. The van der Waals surface area contributed by atoms with Crippen molar-refractivity contribution in [3.63, 3.8) is 0 Å². The van der Waals surface area contributed by atoms with Crippen LogP contribution in [0.25, 0.3) is 0 Å². The summed E-state index contributed by atoms with van der Waals surface area (Å²) in [5.74, 6) is 0. The largest absolute Gasteiger partial charge is 2.00 e. The molecule has 56 valence electrons. The molecule has 0 heterocycles. The number of rotatable bonds is 0. The van der Waals surface area contributed by atoms with Gasteiger partial charge >= 0.3 is 67.1 Å². The van der Waals surface area contributed by atoms with E-state index in [1.165, 1.54) is 0 Å². The van der Waals surface area contributed by atoms with Crippen molar-refractivity contribution in [3.05, 3.63) is 0 Å². The fraction of sp³-hybridized carbons (Fsp3) is 0. The van der Waals surface area contributed by atoms with Gasteiger partial charge in [-0.15, -0.1) is 0 Å². The minimum Gasteiger partial charge on any atom is -2.00 e. The third kappa shape index (κ3) is 28.7. The summed E-state index contributed by atoms with van der Waals surface area (Å²) in [6.45, 7) is 0. The standard InChI is InChI=1S/4Ag.2O/q;2*+1;+2;2*-2. The second-order valence-electron chi connectivity index (χ2n) is 0. The molecule has 2 radical (unpaired) electrons. The summed E-state index contributed by atoms with van der Waals surface area (Å²) in [6, 6.07) is 0. The molecule has 0 N–H and O–H groups in total. The monoisotopic (exact) mass is 460 g/mol. The van der Waals surface area contributed by atoms with E-state index in [1.54, 1.807) is 0 Å². The Balaban J connectivity index is 0. The van der Waals surface area contributed by atoms with Gasteiger partial charge in [0.2, 0.25) is 0 Å². The van der Waals surface area contributed by atoms with Gasteiger partial charge in [0.1, 0.15) is 0 Å². The molecule has 0 aliphatic carbocycles. The summed E-state index contributed by atoms with van der Waals surface area (Å²) in [5.41, 5.74) is 0. The minimum absolute atomic E-state index is 0. The Morgan fingerprint density at radius 1 is 0.667 bits per heavy atom. The molecule has 0 bridgehead atoms. The van der Waals surface area contributed by atoms with Crippen LogP contribution in [0.2, 0.25) is 0 Å². The molecule has 0 aromatic rings. The Morgan fingerprint density at radius 3 is 0.667 bits per heavy atom. The molecule has 0 aliphatic rings. The molecule has 0 saturated heterocycles. The average molecular weight is 463 g/mol. The van der Waals surface area contributed by atoms with Crippen molar-refractivity contribution >= 4 is 0 Å². The van der Waals surface area contributed by atoms with Gasteiger partial charge in [-0.1, -0.05) is 0 Å². The van der Waals surface area contributed by atoms with Crippen LogP contribution in [0.3, 0.4) is 0 Å². The maximum Gasteiger partial charge on any atom is 2.00 e. The first-order valence-corrected chi connectivity index (χ1v) is 0. The van der Waals surface area contributed by atoms with Gasteiger partial charge in [0.15, 0.2) is 0 Å². The average Bonchev–Trinajstić information content (AvgIpc) is 0. The Morgan fingerprint density at radius 2 is 0.667 bits per heavy atom. The van der Waals surface area contributed by atoms with Crippen LogP contribution < -0.4 is 0 Å². The molecule has 0 spiro atoms. The van der Waals surface area contributed by atoms with Crippen molar-refractivity contribution in [2.75, 3.05) is 0 Å². The molecule has 0 aromatic heterocycles. The second kappa shape index (κ2) is 45.0. The molecule has 6 heavy (non-hydrogen) atoms. The molecule has 0 rings (SSSR count). The molecule has 0 amide bonds. The number of hydrogen-bond acceptors (Lipinski definition) is 0. The van der Waals surface area contributed by atoms with E-state index in [9.17, 15) is 0 Å². The van der Waals surface area contributed by atoms with Gasteiger partial charge in [-0.2, -0.15) is 0 Å². The molecule has 0 saturated carbocycles. The van der Waals surface area contributed by atoms with Gasteiger partial charge in [-0.25, -0.2) is 0 Å². The van der Waals surface area contributed by atoms with E-state index in [1.807, 2.05) is 0 Å². The van der Waals surface area contributed by atoms with E-state index in [4.69, 9.17) is 0 Å². The van der Waals surface area contributed by atoms with Gasteiger partial charge in [0.05, 0.1) is 0 Å². The molecular formula is Ag4O2. The smallest absolute Gasteiger partial charge is 2.00 e. The molecule has 2 nitrogen and oxygen atoms in total. The SMILES string of the molecule is [Ag+2].[Ag+].[Ag+].[Ag].[O-2].[O-2]. The van der Waals surface area contributed by atoms with Gasteiger partial charge in [-0.3, -0.25) is 0 Å². The zero-order valence-corrected chi connectivity index (χ0v) is 7.95. The summed E-state index contributed by atoms with van der Waals surface area (Å²) >= 11 is 0. The van der Waals surface area contributed by atoms with E-state index in [2.05, 4.69) is 0 Å². The summed E-state index contributed by atoms with van der Waals surface area (Å²) in [7, 11) is 0.